The van der Waals surface area contributed by atoms with E-state index in [0.717, 1.165) is 9.13 Å². The first-order valence-electron chi connectivity index (χ1n) is 32.1. The monoisotopic (exact) mass is 776 g/mol. The average Bonchev–Trinajstić information content (AvgIpc) is 1.53. The minimum Gasteiger partial charge on any atom is -0.309 e. The van der Waals surface area contributed by atoms with Gasteiger partial charge in [-0.25, -0.2) is 15.0 Å². The summed E-state index contributed by atoms with van der Waals surface area (Å²) in [6.07, 6.45) is 0. The zero-order valence-corrected chi connectivity index (χ0v) is 29.0. The van der Waals surface area contributed by atoms with Crippen LogP contribution >= 0.6 is 11.3 Å². The van der Waals surface area contributed by atoms with Gasteiger partial charge < -0.3 is 9.13 Å². The van der Waals surface area contributed by atoms with E-state index in [1.807, 2.05) is 0 Å². The summed E-state index contributed by atoms with van der Waals surface area (Å²) in [5, 5.41) is -3.10. The van der Waals surface area contributed by atoms with E-state index < -0.39 is 287 Å². The van der Waals surface area contributed by atoms with Crippen molar-refractivity contribution in [1.29, 1.82) is 0 Å². The molecular formula is C51H31N5S. The van der Waals surface area contributed by atoms with E-state index in [9.17, 15) is 16.4 Å². The molecule has 0 atom stereocenters. The van der Waals surface area contributed by atoms with E-state index in [-0.39, 0.29) is 9.40 Å². The molecule has 266 valence electrons. The van der Waals surface area contributed by atoms with Gasteiger partial charge in [0, 0.05) is 69.8 Å². The maximum Gasteiger partial charge on any atom is 0.164 e. The maximum atomic E-state index is 10.2. The summed E-state index contributed by atoms with van der Waals surface area (Å²) in [6.45, 7) is 0. The Balaban J connectivity index is 1.37. The van der Waals surface area contributed by atoms with Gasteiger partial charge in [0.2, 0.25) is 0 Å². The van der Waals surface area contributed by atoms with E-state index in [4.69, 9.17) is 26.0 Å². The molecule has 5 nitrogen and oxygen atoms in total. The van der Waals surface area contributed by atoms with Gasteiger partial charge in [0.1, 0.15) is 0 Å². The highest BCUT2D eigenvalue weighted by Gasteiger charge is 2.23. The summed E-state index contributed by atoms with van der Waals surface area (Å²) < 4.78 is 281. The summed E-state index contributed by atoms with van der Waals surface area (Å²) in [5.41, 5.74) is -6.33. The lowest BCUT2D eigenvalue weighted by Crippen LogP contribution is -2.00. The Morgan fingerprint density at radius 2 is 0.947 bits per heavy atom. The number of para-hydroxylation sites is 3. The summed E-state index contributed by atoms with van der Waals surface area (Å²) in [7, 11) is 0. The minimum absolute atomic E-state index is 0.325. The van der Waals surface area contributed by atoms with Gasteiger partial charge in [0.25, 0.3) is 0 Å². The lowest BCUT2D eigenvalue weighted by atomic mass is 10.0. The number of hydrogen-bond acceptors (Lipinski definition) is 4. The van der Waals surface area contributed by atoms with Gasteiger partial charge in [-0.05, 0) is 54.4 Å². The molecular weight excluding hydrogens is 715 g/mol. The second kappa shape index (κ2) is 12.6. The Morgan fingerprint density at radius 1 is 0.386 bits per heavy atom. The number of hydrogen-bond donors (Lipinski definition) is 0. The third kappa shape index (κ3) is 4.91. The summed E-state index contributed by atoms with van der Waals surface area (Å²) in [4.78, 5) is 13.2. The highest BCUT2D eigenvalue weighted by Crippen LogP contribution is 2.46. The number of aromatic nitrogens is 5. The fraction of sp³-hybridized carbons (Fsp3) is 0. The maximum absolute atomic E-state index is 10.2. The van der Waals surface area contributed by atoms with Crippen LogP contribution in [0.5, 0.6) is 0 Å². The van der Waals surface area contributed by atoms with Crippen molar-refractivity contribution in [2.45, 2.75) is 0 Å². The molecule has 8 aromatic carbocycles. The summed E-state index contributed by atoms with van der Waals surface area (Å²) in [5.74, 6) is -2.64. The van der Waals surface area contributed by atoms with E-state index in [0.29, 0.717) is 11.3 Å². The zero-order valence-electron chi connectivity index (χ0n) is 59.1. The number of fused-ring (bicyclic) bond motifs is 10. The van der Waals surface area contributed by atoms with Crippen LogP contribution in [0.15, 0.2) is 187 Å². The quantitative estimate of drug-likeness (QED) is 0.175. The third-order valence-corrected chi connectivity index (χ3v) is 10.1. The van der Waals surface area contributed by atoms with Gasteiger partial charge in [0.05, 0.1) is 64.6 Å². The van der Waals surface area contributed by atoms with Gasteiger partial charge in [-0.1, -0.05) is 133 Å². The van der Waals surface area contributed by atoms with Crippen molar-refractivity contribution in [3.8, 4) is 45.5 Å². The topological polar surface area (TPSA) is 48.5 Å². The van der Waals surface area contributed by atoms with Gasteiger partial charge in [-0.3, -0.25) is 0 Å². The predicted molar refractivity (Wildman–Crippen MR) is 238 cm³/mol. The molecule has 0 spiro atoms. The Bertz CT molecular complexity index is 5110. The number of nitrogens with zero attached hydrogens (tertiary/aromatic N) is 5. The van der Waals surface area contributed by atoms with Crippen LogP contribution in [0.25, 0.3) is 109 Å². The van der Waals surface area contributed by atoms with E-state index in [1.54, 1.807) is 0 Å². The molecule has 0 saturated carbocycles. The van der Waals surface area contributed by atoms with Crippen molar-refractivity contribution in [3.63, 3.8) is 0 Å². The van der Waals surface area contributed by atoms with Gasteiger partial charge in [-0.15, -0.1) is 11.3 Å². The van der Waals surface area contributed by atoms with E-state index >= 15 is 0 Å². The highest BCUT2D eigenvalue weighted by molar-refractivity contribution is 7.26. The Hall–Kier alpha value is -7.41. The molecule has 0 aliphatic carbocycles. The Kier molecular flexibility index (Phi) is 3.08. The number of rotatable bonds is 5. The Morgan fingerprint density at radius 3 is 1.61 bits per heavy atom. The molecule has 0 aliphatic heterocycles. The highest BCUT2D eigenvalue weighted by atomic mass is 32.1. The largest absolute Gasteiger partial charge is 0.309 e. The standard InChI is InChI=1S/C51H31N5S/c1-4-15-32(16-5-1)49-52-50(33-17-6-2-7-18-33)54-51(53-49)39-23-14-26-43-46(39)38-28-30-45-47(48(38)56(43)34-19-8-3-9-20-34)40-31-35(27-29-44(40)57-45)55-41-24-12-10-21-36(41)37-22-11-13-25-42(37)55/h1-31H/i1D,2D,3D,4D,5D,6D,7D,8D,9D,10D,11D,12D,13D,14D,15D,16D,17D,18D,19D,20D,21D,22D,23D,24D,25D,26D,27D,28D,29D,30D,31D. The van der Waals surface area contributed by atoms with Crippen LogP contribution in [0.4, 0.5) is 0 Å². The summed E-state index contributed by atoms with van der Waals surface area (Å²) in [6, 6.07) is -28.1. The van der Waals surface area contributed by atoms with E-state index in [2.05, 4.69) is 15.0 Å². The fourth-order valence-electron chi connectivity index (χ4n) is 6.78. The van der Waals surface area contributed by atoms with Crippen LogP contribution in [0.2, 0.25) is 0 Å². The molecule has 4 aromatic heterocycles. The average molecular weight is 777 g/mol. The molecule has 0 fully saturated rings. The first-order chi connectivity index (χ1) is 41.2. The first kappa shape index (κ1) is 14.0. The van der Waals surface area contributed by atoms with Crippen LogP contribution in [0.3, 0.4) is 0 Å². The molecule has 4 heterocycles. The van der Waals surface area contributed by atoms with Crippen LogP contribution in [0, 0.1) is 0 Å². The molecule has 12 rings (SSSR count). The van der Waals surface area contributed by atoms with Crippen molar-refractivity contribution >= 4 is 75.1 Å². The lowest BCUT2D eigenvalue weighted by Gasteiger charge is -2.11. The van der Waals surface area contributed by atoms with Crippen LogP contribution in [-0.2, 0) is 0 Å². The first-order valence-corrected chi connectivity index (χ1v) is 17.4. The normalized spacial score (nSPS) is 19.5. The molecule has 0 aliphatic rings. The Labute approximate surface area is 374 Å². The SMILES string of the molecule is [2H]c1c([2H])c([2H])c(-c2nc(-c3c([2H])c([2H])c([2H])c([2H])c3[2H])nc(-c3c([2H])c([2H])c([2H])c4c3c3c([2H])c([2H])c5sc6c([2H])c([2H])c(-n7c8c([2H])c([2H])c([2H])c([2H])c8c8c([2H])c([2H])c([2H])c([2H])c87)c([2H])c6c5c3n4-c3c([2H])c([2H])c([2H])c([2H])c3[2H])n2)c([2H])c1[2H]. The fourth-order valence-corrected chi connectivity index (χ4v) is 7.75. The van der Waals surface area contributed by atoms with Gasteiger partial charge in [-0.2, -0.15) is 0 Å². The molecule has 0 radical (unpaired) electrons. The predicted octanol–water partition coefficient (Wildman–Crippen LogP) is 13.4. The van der Waals surface area contributed by atoms with Crippen LogP contribution in [-0.4, -0.2) is 24.1 Å². The van der Waals surface area contributed by atoms with Crippen molar-refractivity contribution < 1.29 is 42.5 Å². The third-order valence-electron chi connectivity index (χ3n) is 9.05. The lowest BCUT2D eigenvalue weighted by molar-refractivity contribution is 1.08. The molecule has 6 heteroatoms. The van der Waals surface area contributed by atoms with Gasteiger partial charge in [0.15, 0.2) is 17.5 Å². The molecule has 0 amide bonds. The molecule has 57 heavy (non-hydrogen) atoms. The molecule has 0 saturated heterocycles. The summed E-state index contributed by atoms with van der Waals surface area (Å²) >= 11 is 0.546. The second-order valence-corrected chi connectivity index (χ2v) is 13.1. The van der Waals surface area contributed by atoms with E-state index in [1.165, 1.54) is 0 Å². The molecule has 12 aromatic rings. The van der Waals surface area contributed by atoms with Crippen LogP contribution in [0.1, 0.15) is 42.5 Å². The molecule has 0 N–H and O–H groups in total. The van der Waals surface area contributed by atoms with Gasteiger partial charge >= 0.3 is 0 Å². The smallest absolute Gasteiger partial charge is 0.164 e. The van der Waals surface area contributed by atoms with Crippen molar-refractivity contribution in [1.82, 2.24) is 24.1 Å². The minimum atomic E-state index is -1.06. The van der Waals surface area contributed by atoms with Crippen molar-refractivity contribution in [3.05, 3.63) is 187 Å². The number of benzene rings is 8. The second-order valence-electron chi connectivity index (χ2n) is 12.1. The molecule has 0 unspecified atom stereocenters. The zero-order chi connectivity index (χ0) is 64.4. The van der Waals surface area contributed by atoms with Crippen molar-refractivity contribution in [2.75, 3.05) is 0 Å². The molecule has 0 bridgehead atoms. The van der Waals surface area contributed by atoms with Crippen molar-refractivity contribution in [2.24, 2.45) is 0 Å². The number of thiophene rings is 1. The van der Waals surface area contributed by atoms with Crippen LogP contribution < -0.4 is 0 Å².